The van der Waals surface area contributed by atoms with Crippen LogP contribution in [0, 0.1) is 5.92 Å². The van der Waals surface area contributed by atoms with Crippen molar-refractivity contribution in [3.63, 3.8) is 0 Å². The molecule has 2 nitrogen and oxygen atoms in total. The highest BCUT2D eigenvalue weighted by molar-refractivity contribution is 6.30. The van der Waals surface area contributed by atoms with Gasteiger partial charge in [-0.15, -0.1) is 0 Å². The first-order valence-electron chi connectivity index (χ1n) is 6.79. The maximum absolute atomic E-state index is 6.01. The number of hydrogen-bond donors (Lipinski definition) is 1. The maximum atomic E-state index is 6.01. The summed E-state index contributed by atoms with van der Waals surface area (Å²) in [6, 6.07) is 7.77. The van der Waals surface area contributed by atoms with Crippen LogP contribution in [0.5, 0.6) is 0 Å². The highest BCUT2D eigenvalue weighted by Gasteiger charge is 2.20. The number of hydrogen-bond acceptors (Lipinski definition) is 2. The third-order valence-electron chi connectivity index (χ3n) is 3.70. The van der Waals surface area contributed by atoms with E-state index < -0.39 is 0 Å². The van der Waals surface area contributed by atoms with Gasteiger partial charge in [0.15, 0.2) is 0 Å². The molecule has 1 fully saturated rings. The van der Waals surface area contributed by atoms with Crippen molar-refractivity contribution in [1.82, 2.24) is 0 Å². The highest BCUT2D eigenvalue weighted by Crippen LogP contribution is 2.30. The van der Waals surface area contributed by atoms with Crippen LogP contribution in [0.25, 0.3) is 0 Å². The van der Waals surface area contributed by atoms with Crippen molar-refractivity contribution < 1.29 is 4.74 Å². The number of ether oxygens (including phenoxy) is 1. The van der Waals surface area contributed by atoms with E-state index in [1.807, 2.05) is 31.2 Å². The summed E-state index contributed by atoms with van der Waals surface area (Å²) < 4.78 is 5.97. The Kier molecular flexibility index (Phi) is 5.04. The summed E-state index contributed by atoms with van der Waals surface area (Å²) in [5, 5.41) is 0.737. The van der Waals surface area contributed by atoms with E-state index in [1.54, 1.807) is 0 Å². The highest BCUT2D eigenvalue weighted by atomic mass is 35.5. The van der Waals surface area contributed by atoms with E-state index in [0.29, 0.717) is 0 Å². The van der Waals surface area contributed by atoms with Crippen molar-refractivity contribution in [3.05, 3.63) is 34.9 Å². The fourth-order valence-electron chi connectivity index (χ4n) is 2.38. The molecular formula is C15H22ClNO. The molecule has 18 heavy (non-hydrogen) atoms. The van der Waals surface area contributed by atoms with E-state index in [9.17, 15) is 0 Å². The lowest BCUT2D eigenvalue weighted by Crippen LogP contribution is -2.28. The van der Waals surface area contributed by atoms with E-state index in [4.69, 9.17) is 22.1 Å². The molecule has 100 valence electrons. The quantitative estimate of drug-likeness (QED) is 0.847. The summed E-state index contributed by atoms with van der Waals surface area (Å²) in [6.07, 6.45) is 5.22. The monoisotopic (exact) mass is 267 g/mol. The van der Waals surface area contributed by atoms with E-state index in [-0.39, 0.29) is 12.1 Å². The van der Waals surface area contributed by atoms with Gasteiger partial charge in [0.2, 0.25) is 0 Å². The molecule has 1 aliphatic rings. The van der Waals surface area contributed by atoms with Crippen molar-refractivity contribution in [1.29, 1.82) is 0 Å². The van der Waals surface area contributed by atoms with Crippen LogP contribution >= 0.6 is 11.6 Å². The first kappa shape index (κ1) is 13.9. The van der Waals surface area contributed by atoms with Crippen molar-refractivity contribution in [2.45, 2.75) is 44.8 Å². The fraction of sp³-hybridized carbons (Fsp3) is 0.600. The van der Waals surface area contributed by atoms with Crippen molar-refractivity contribution in [2.24, 2.45) is 11.7 Å². The molecule has 0 saturated heterocycles. The van der Waals surface area contributed by atoms with Gasteiger partial charge in [0, 0.05) is 17.7 Å². The van der Waals surface area contributed by atoms with Gasteiger partial charge in [0.1, 0.15) is 0 Å². The minimum absolute atomic E-state index is 0.0233. The van der Waals surface area contributed by atoms with Gasteiger partial charge in [-0.05, 0) is 37.0 Å². The minimum Gasteiger partial charge on any atom is -0.372 e. The molecule has 1 aromatic carbocycles. The second-order valence-corrected chi connectivity index (χ2v) is 5.73. The predicted molar refractivity (Wildman–Crippen MR) is 75.8 cm³/mol. The first-order chi connectivity index (χ1) is 8.66. The largest absolute Gasteiger partial charge is 0.372 e. The smallest absolute Gasteiger partial charge is 0.0973 e. The molecule has 0 heterocycles. The van der Waals surface area contributed by atoms with Crippen molar-refractivity contribution in [2.75, 3.05) is 6.61 Å². The van der Waals surface area contributed by atoms with Gasteiger partial charge in [-0.1, -0.05) is 43.0 Å². The molecule has 0 radical (unpaired) electrons. The maximum Gasteiger partial charge on any atom is 0.0973 e. The summed E-state index contributed by atoms with van der Waals surface area (Å²) in [4.78, 5) is 0. The standard InChI is InChI=1S/C15H22ClNO/c1-11(17)15(13-6-3-7-14(16)10-13)18-9-8-12-4-2-5-12/h3,6-7,10-12,15H,2,4-5,8-9,17H2,1H3. The lowest BCUT2D eigenvalue weighted by molar-refractivity contribution is 0.0245. The van der Waals surface area contributed by atoms with Gasteiger partial charge in [-0.25, -0.2) is 0 Å². The third kappa shape index (κ3) is 3.71. The summed E-state index contributed by atoms with van der Waals surface area (Å²) in [5.74, 6) is 0.873. The number of benzene rings is 1. The second-order valence-electron chi connectivity index (χ2n) is 5.29. The molecule has 2 unspecified atom stereocenters. The topological polar surface area (TPSA) is 35.2 Å². The molecule has 0 spiro atoms. The molecule has 3 heteroatoms. The minimum atomic E-state index is -0.0521. The van der Waals surface area contributed by atoms with Gasteiger partial charge in [-0.3, -0.25) is 0 Å². The molecule has 2 rings (SSSR count). The lowest BCUT2D eigenvalue weighted by Gasteiger charge is -2.27. The molecule has 1 aromatic rings. The number of rotatable bonds is 6. The molecule has 0 bridgehead atoms. The third-order valence-corrected chi connectivity index (χ3v) is 3.94. The summed E-state index contributed by atoms with van der Waals surface area (Å²) >= 11 is 6.01. The molecule has 1 aliphatic carbocycles. The Morgan fingerprint density at radius 2 is 2.22 bits per heavy atom. The zero-order valence-corrected chi connectivity index (χ0v) is 11.7. The van der Waals surface area contributed by atoms with Crippen molar-refractivity contribution >= 4 is 11.6 Å². The fourth-order valence-corrected chi connectivity index (χ4v) is 2.58. The van der Waals surface area contributed by atoms with Crippen molar-refractivity contribution in [3.8, 4) is 0 Å². The van der Waals surface area contributed by atoms with Crippen LogP contribution in [0.1, 0.15) is 44.3 Å². The average molecular weight is 268 g/mol. The van der Waals surface area contributed by atoms with Crippen LogP contribution < -0.4 is 5.73 Å². The normalized spacial score (nSPS) is 19.3. The second kappa shape index (κ2) is 6.55. The van der Waals surface area contributed by atoms with E-state index in [1.165, 1.54) is 19.3 Å². The van der Waals surface area contributed by atoms with E-state index >= 15 is 0 Å². The Labute approximate surface area is 114 Å². The summed E-state index contributed by atoms with van der Waals surface area (Å²) in [7, 11) is 0. The van der Waals surface area contributed by atoms with Crippen LogP contribution in [0.4, 0.5) is 0 Å². The molecule has 2 N–H and O–H groups in total. The molecule has 0 amide bonds. The number of nitrogens with two attached hydrogens (primary N) is 1. The Balaban J connectivity index is 1.90. The Morgan fingerprint density at radius 3 is 2.78 bits per heavy atom. The molecule has 2 atom stereocenters. The van der Waals surface area contributed by atoms with Gasteiger partial charge >= 0.3 is 0 Å². The summed E-state index contributed by atoms with van der Waals surface area (Å²) in [6.45, 7) is 2.78. The van der Waals surface area contributed by atoms with Crippen LogP contribution in [-0.4, -0.2) is 12.6 Å². The van der Waals surface area contributed by atoms with Crippen LogP contribution in [0.2, 0.25) is 5.02 Å². The molecule has 0 aliphatic heterocycles. The lowest BCUT2D eigenvalue weighted by atomic mass is 9.83. The molecule has 0 aromatic heterocycles. The van der Waals surface area contributed by atoms with Gasteiger partial charge in [0.25, 0.3) is 0 Å². The van der Waals surface area contributed by atoms with Crippen LogP contribution in [0.3, 0.4) is 0 Å². The predicted octanol–water partition coefficient (Wildman–Crippen LogP) is 3.94. The van der Waals surface area contributed by atoms with Crippen LogP contribution in [0.15, 0.2) is 24.3 Å². The van der Waals surface area contributed by atoms with Gasteiger partial charge < -0.3 is 10.5 Å². The van der Waals surface area contributed by atoms with Gasteiger partial charge in [0.05, 0.1) is 6.10 Å². The Bertz CT molecular complexity index is 377. The Morgan fingerprint density at radius 1 is 1.44 bits per heavy atom. The SMILES string of the molecule is CC(N)C(OCCC1CCC1)c1cccc(Cl)c1. The zero-order valence-electron chi connectivity index (χ0n) is 10.9. The molecular weight excluding hydrogens is 246 g/mol. The van der Waals surface area contributed by atoms with Crippen LogP contribution in [-0.2, 0) is 4.74 Å². The van der Waals surface area contributed by atoms with E-state index in [2.05, 4.69) is 0 Å². The number of halogens is 1. The summed E-state index contributed by atoms with van der Waals surface area (Å²) in [5.41, 5.74) is 7.09. The Hall–Kier alpha value is -0.570. The zero-order chi connectivity index (χ0) is 13.0. The van der Waals surface area contributed by atoms with E-state index in [0.717, 1.165) is 29.5 Å². The molecule has 1 saturated carbocycles. The first-order valence-corrected chi connectivity index (χ1v) is 7.17. The average Bonchev–Trinajstić information content (AvgIpc) is 2.26. The van der Waals surface area contributed by atoms with Gasteiger partial charge in [-0.2, -0.15) is 0 Å².